The summed E-state index contributed by atoms with van der Waals surface area (Å²) in [5.41, 5.74) is 2.23. The van der Waals surface area contributed by atoms with Gasteiger partial charge in [-0.3, -0.25) is 4.79 Å². The lowest BCUT2D eigenvalue weighted by Gasteiger charge is -2.14. The second-order valence-electron chi connectivity index (χ2n) is 7.30. The normalized spacial score (nSPS) is 11.8. The van der Waals surface area contributed by atoms with Crippen molar-refractivity contribution >= 4 is 21.6 Å². The van der Waals surface area contributed by atoms with Gasteiger partial charge in [0.2, 0.25) is 10.0 Å². The fourth-order valence-electron chi connectivity index (χ4n) is 2.66. The van der Waals surface area contributed by atoms with Gasteiger partial charge in [-0.25, -0.2) is 13.1 Å². The van der Waals surface area contributed by atoms with Gasteiger partial charge in [-0.15, -0.1) is 0 Å². The molecule has 0 aromatic heterocycles. The number of benzene rings is 2. The Morgan fingerprint density at radius 3 is 2.19 bits per heavy atom. The number of rotatable bonds is 8. The molecule has 0 aliphatic carbocycles. The maximum absolute atomic E-state index is 12.5. The van der Waals surface area contributed by atoms with Crippen molar-refractivity contribution in [2.75, 3.05) is 11.9 Å². The van der Waals surface area contributed by atoms with Crippen LogP contribution in [0.5, 0.6) is 0 Å². The third-order valence-corrected chi connectivity index (χ3v) is 5.75. The zero-order chi connectivity index (χ0) is 20.0. The Kier molecular flexibility index (Phi) is 7.16. The number of para-hydroxylation sites is 1. The molecule has 0 radical (unpaired) electrons. The van der Waals surface area contributed by atoms with Gasteiger partial charge in [0.15, 0.2) is 0 Å². The van der Waals surface area contributed by atoms with Gasteiger partial charge in [-0.1, -0.05) is 45.9 Å². The predicted molar refractivity (Wildman–Crippen MR) is 110 cm³/mol. The minimum absolute atomic E-state index is 0.158. The Bertz CT molecular complexity index is 873. The number of amides is 1. The van der Waals surface area contributed by atoms with Crippen molar-refractivity contribution in [1.82, 2.24) is 4.72 Å². The number of hydrogen-bond donors (Lipinski definition) is 2. The van der Waals surface area contributed by atoms with Crippen LogP contribution in [-0.2, 0) is 10.0 Å². The fraction of sp³-hybridized carbons (Fsp3) is 0.381. The van der Waals surface area contributed by atoms with Crippen LogP contribution in [0.4, 0.5) is 5.69 Å². The van der Waals surface area contributed by atoms with Crippen molar-refractivity contribution in [3.8, 4) is 0 Å². The lowest BCUT2D eigenvalue weighted by Crippen LogP contribution is -2.25. The summed E-state index contributed by atoms with van der Waals surface area (Å²) < 4.78 is 27.2. The van der Waals surface area contributed by atoms with Crippen LogP contribution in [0.1, 0.15) is 56.0 Å². The molecule has 0 bridgehead atoms. The highest BCUT2D eigenvalue weighted by Gasteiger charge is 2.15. The lowest BCUT2D eigenvalue weighted by molar-refractivity contribution is 0.102. The van der Waals surface area contributed by atoms with E-state index in [1.165, 1.54) is 24.3 Å². The molecule has 0 spiro atoms. The van der Waals surface area contributed by atoms with Crippen molar-refractivity contribution in [3.63, 3.8) is 0 Å². The number of carbonyl (C=O) groups excluding carboxylic acids is 1. The van der Waals surface area contributed by atoms with E-state index in [2.05, 4.69) is 23.9 Å². The molecule has 2 N–H and O–H groups in total. The Morgan fingerprint density at radius 2 is 1.59 bits per heavy atom. The Balaban J connectivity index is 2.10. The molecular weight excluding hydrogens is 360 g/mol. The second-order valence-corrected chi connectivity index (χ2v) is 9.07. The Labute approximate surface area is 162 Å². The summed E-state index contributed by atoms with van der Waals surface area (Å²) in [6.07, 6.45) is 0.773. The molecule has 27 heavy (non-hydrogen) atoms. The van der Waals surface area contributed by atoms with E-state index in [0.29, 0.717) is 18.0 Å². The first-order chi connectivity index (χ1) is 12.7. The van der Waals surface area contributed by atoms with Crippen LogP contribution in [-0.4, -0.2) is 20.9 Å². The second kappa shape index (κ2) is 9.15. The molecular formula is C21H28N2O3S. The average molecular weight is 389 g/mol. The molecule has 0 saturated carbocycles. The highest BCUT2D eigenvalue weighted by molar-refractivity contribution is 7.89. The van der Waals surface area contributed by atoms with E-state index in [9.17, 15) is 13.2 Å². The monoisotopic (exact) mass is 388 g/mol. The summed E-state index contributed by atoms with van der Waals surface area (Å²) in [5, 5.41) is 2.91. The van der Waals surface area contributed by atoms with Gasteiger partial charge in [0.25, 0.3) is 5.91 Å². The molecule has 0 aliphatic heterocycles. The third-order valence-electron chi connectivity index (χ3n) is 4.27. The van der Waals surface area contributed by atoms with E-state index in [1.54, 1.807) is 0 Å². The summed E-state index contributed by atoms with van der Waals surface area (Å²) in [6, 6.07) is 13.6. The van der Waals surface area contributed by atoms with Crippen LogP contribution in [0, 0.1) is 5.92 Å². The number of hydrogen-bond acceptors (Lipinski definition) is 3. The highest BCUT2D eigenvalue weighted by Crippen LogP contribution is 2.24. The van der Waals surface area contributed by atoms with Crippen LogP contribution in [0.2, 0.25) is 0 Å². The molecule has 146 valence electrons. The van der Waals surface area contributed by atoms with Crippen LogP contribution in [0.15, 0.2) is 53.4 Å². The smallest absolute Gasteiger partial charge is 0.255 e. The van der Waals surface area contributed by atoms with Gasteiger partial charge in [0.1, 0.15) is 0 Å². The van der Waals surface area contributed by atoms with Gasteiger partial charge in [0.05, 0.1) is 4.90 Å². The Hall–Kier alpha value is -2.18. The van der Waals surface area contributed by atoms with Gasteiger partial charge in [0, 0.05) is 17.8 Å². The van der Waals surface area contributed by atoms with E-state index in [0.717, 1.165) is 17.7 Å². The molecule has 0 aliphatic rings. The molecule has 0 saturated heterocycles. The van der Waals surface area contributed by atoms with Crippen molar-refractivity contribution in [3.05, 3.63) is 59.7 Å². The van der Waals surface area contributed by atoms with E-state index < -0.39 is 10.0 Å². The van der Waals surface area contributed by atoms with Crippen molar-refractivity contribution in [2.24, 2.45) is 5.92 Å². The topological polar surface area (TPSA) is 75.3 Å². The average Bonchev–Trinajstić information content (AvgIpc) is 2.61. The first kappa shape index (κ1) is 21.1. The summed E-state index contributed by atoms with van der Waals surface area (Å²) in [7, 11) is -3.56. The molecule has 1 amide bonds. The van der Waals surface area contributed by atoms with E-state index in [-0.39, 0.29) is 16.7 Å². The Morgan fingerprint density at radius 1 is 0.963 bits per heavy atom. The maximum atomic E-state index is 12.5. The largest absolute Gasteiger partial charge is 0.322 e. The maximum Gasteiger partial charge on any atom is 0.255 e. The summed E-state index contributed by atoms with van der Waals surface area (Å²) in [5.74, 6) is 0.443. The van der Waals surface area contributed by atoms with Crippen LogP contribution in [0.25, 0.3) is 0 Å². The highest BCUT2D eigenvalue weighted by atomic mass is 32.2. The van der Waals surface area contributed by atoms with Gasteiger partial charge in [-0.05, 0) is 54.2 Å². The molecule has 6 heteroatoms. The fourth-order valence-corrected chi connectivity index (χ4v) is 3.71. The van der Waals surface area contributed by atoms with Gasteiger partial charge < -0.3 is 5.32 Å². The van der Waals surface area contributed by atoms with Gasteiger partial charge in [-0.2, -0.15) is 0 Å². The standard InChI is InChI=1S/C21H28N2O3S/c1-15(2)13-14-22-27(25,26)18-11-9-17(10-12-18)21(24)23-20-8-6-5-7-19(20)16(3)4/h5-12,15-16,22H,13-14H2,1-4H3,(H,23,24). The van der Waals surface area contributed by atoms with E-state index in [4.69, 9.17) is 0 Å². The number of nitrogens with one attached hydrogen (secondary N) is 2. The summed E-state index contributed by atoms with van der Waals surface area (Å²) in [4.78, 5) is 12.7. The molecule has 2 rings (SSSR count). The van der Waals surface area contributed by atoms with Crippen molar-refractivity contribution in [1.29, 1.82) is 0 Å². The zero-order valence-corrected chi connectivity index (χ0v) is 17.1. The minimum Gasteiger partial charge on any atom is -0.322 e. The van der Waals surface area contributed by atoms with Crippen molar-refractivity contribution in [2.45, 2.75) is 44.9 Å². The van der Waals surface area contributed by atoms with Crippen molar-refractivity contribution < 1.29 is 13.2 Å². The van der Waals surface area contributed by atoms with Gasteiger partial charge >= 0.3 is 0 Å². The first-order valence-corrected chi connectivity index (χ1v) is 10.7. The molecule has 2 aromatic carbocycles. The molecule has 5 nitrogen and oxygen atoms in total. The van der Waals surface area contributed by atoms with Crippen LogP contribution in [0.3, 0.4) is 0 Å². The minimum atomic E-state index is -3.56. The van der Waals surface area contributed by atoms with E-state index >= 15 is 0 Å². The quantitative estimate of drug-likeness (QED) is 0.704. The SMILES string of the molecule is CC(C)CCNS(=O)(=O)c1ccc(C(=O)Nc2ccccc2C(C)C)cc1. The van der Waals surface area contributed by atoms with E-state index in [1.807, 2.05) is 38.1 Å². The lowest BCUT2D eigenvalue weighted by atomic mass is 10.0. The predicted octanol–water partition coefficient (Wildman–Crippen LogP) is 4.39. The number of sulfonamides is 1. The molecule has 0 unspecified atom stereocenters. The van der Waals surface area contributed by atoms with Crippen LogP contribution >= 0.6 is 0 Å². The summed E-state index contributed by atoms with van der Waals surface area (Å²) >= 11 is 0. The molecule has 0 fully saturated rings. The third kappa shape index (κ3) is 5.91. The first-order valence-electron chi connectivity index (χ1n) is 9.20. The molecule has 0 heterocycles. The number of carbonyl (C=O) groups is 1. The zero-order valence-electron chi connectivity index (χ0n) is 16.3. The summed E-state index contributed by atoms with van der Waals surface area (Å²) in [6.45, 7) is 8.61. The van der Waals surface area contributed by atoms with Crippen LogP contribution < -0.4 is 10.0 Å². The number of anilines is 1. The molecule has 2 aromatic rings. The molecule has 0 atom stereocenters.